The maximum absolute atomic E-state index is 13.0. The maximum atomic E-state index is 13.0. The number of benzene rings is 3. The summed E-state index contributed by atoms with van der Waals surface area (Å²) in [7, 11) is -3.88. The predicted molar refractivity (Wildman–Crippen MR) is 109 cm³/mol. The van der Waals surface area contributed by atoms with Gasteiger partial charge in [0.15, 0.2) is 6.61 Å². The van der Waals surface area contributed by atoms with Crippen molar-refractivity contribution in [1.82, 2.24) is 0 Å². The van der Waals surface area contributed by atoms with Crippen LogP contribution in [0.25, 0.3) is 0 Å². The molecule has 0 atom stereocenters. The number of anilines is 2. The molecule has 0 aliphatic carbocycles. The first kappa shape index (κ1) is 21.3. The third-order valence-corrected chi connectivity index (χ3v) is 5.42. The number of carbonyl (C=O) groups excluding carboxylic acids is 1. The van der Waals surface area contributed by atoms with Gasteiger partial charge < -0.3 is 10.1 Å². The van der Waals surface area contributed by atoms with Gasteiger partial charge in [0.1, 0.15) is 17.4 Å². The van der Waals surface area contributed by atoms with Crippen LogP contribution in [0.4, 0.5) is 20.2 Å². The Morgan fingerprint density at radius 2 is 1.47 bits per heavy atom. The largest absolute Gasteiger partial charge is 0.483 e. The van der Waals surface area contributed by atoms with Crippen LogP contribution in [-0.2, 0) is 14.8 Å². The van der Waals surface area contributed by atoms with Crippen molar-refractivity contribution < 1.29 is 26.7 Å². The fourth-order valence-electron chi connectivity index (χ4n) is 2.56. The summed E-state index contributed by atoms with van der Waals surface area (Å²) < 4.78 is 58.7. The standard InChI is InChI=1S/C21H18F2N2O4S/c1-14-12-19(30(27,28)25-18-8-4-16(23)5-9-18)10-11-20(14)29-13-21(26)24-17-6-2-15(22)3-7-17/h2-12,25H,13H2,1H3,(H,24,26). The van der Waals surface area contributed by atoms with Gasteiger partial charge in [0.25, 0.3) is 15.9 Å². The van der Waals surface area contributed by atoms with Crippen LogP contribution in [0.15, 0.2) is 71.6 Å². The molecule has 0 radical (unpaired) electrons. The van der Waals surface area contributed by atoms with E-state index in [1.165, 1.54) is 54.6 Å². The molecule has 0 aliphatic heterocycles. The number of aryl methyl sites for hydroxylation is 1. The number of rotatable bonds is 7. The van der Waals surface area contributed by atoms with E-state index in [0.29, 0.717) is 17.0 Å². The average Bonchev–Trinajstić information content (AvgIpc) is 2.70. The number of ether oxygens (including phenoxy) is 1. The summed E-state index contributed by atoms with van der Waals surface area (Å²) in [4.78, 5) is 12.0. The van der Waals surface area contributed by atoms with Crippen LogP contribution >= 0.6 is 0 Å². The minimum atomic E-state index is -3.88. The van der Waals surface area contributed by atoms with Crippen molar-refractivity contribution in [2.75, 3.05) is 16.6 Å². The molecule has 6 nitrogen and oxygen atoms in total. The van der Waals surface area contributed by atoms with Gasteiger partial charge in [-0.25, -0.2) is 17.2 Å². The molecule has 0 saturated heterocycles. The van der Waals surface area contributed by atoms with Crippen LogP contribution in [0.5, 0.6) is 5.75 Å². The average molecular weight is 432 g/mol. The predicted octanol–water partition coefficient (Wildman–Crippen LogP) is 4.09. The zero-order chi connectivity index (χ0) is 21.7. The number of amides is 1. The van der Waals surface area contributed by atoms with Crippen molar-refractivity contribution in [3.05, 3.63) is 83.9 Å². The molecule has 0 aromatic heterocycles. The molecule has 1 amide bonds. The van der Waals surface area contributed by atoms with Gasteiger partial charge in [-0.3, -0.25) is 9.52 Å². The first-order valence-corrected chi connectivity index (χ1v) is 10.3. The lowest BCUT2D eigenvalue weighted by atomic mass is 10.2. The molecule has 156 valence electrons. The molecular weight excluding hydrogens is 414 g/mol. The van der Waals surface area contributed by atoms with Gasteiger partial charge in [0, 0.05) is 11.4 Å². The van der Waals surface area contributed by atoms with Crippen LogP contribution in [0.2, 0.25) is 0 Å². The second-order valence-electron chi connectivity index (χ2n) is 6.38. The summed E-state index contributed by atoms with van der Waals surface area (Å²) in [6.07, 6.45) is 0. The summed E-state index contributed by atoms with van der Waals surface area (Å²) in [6, 6.07) is 14.4. The van der Waals surface area contributed by atoms with Crippen molar-refractivity contribution in [3.8, 4) is 5.75 Å². The number of nitrogens with one attached hydrogen (secondary N) is 2. The molecule has 9 heteroatoms. The first-order chi connectivity index (χ1) is 14.2. The van der Waals surface area contributed by atoms with E-state index >= 15 is 0 Å². The Balaban J connectivity index is 1.63. The van der Waals surface area contributed by atoms with E-state index in [1.807, 2.05) is 0 Å². The molecule has 3 rings (SSSR count). The van der Waals surface area contributed by atoms with E-state index in [2.05, 4.69) is 10.0 Å². The molecule has 3 aromatic carbocycles. The Bertz CT molecular complexity index is 1150. The number of hydrogen-bond donors (Lipinski definition) is 2. The SMILES string of the molecule is Cc1cc(S(=O)(=O)Nc2ccc(F)cc2)ccc1OCC(=O)Nc1ccc(F)cc1. The molecule has 0 bridgehead atoms. The van der Waals surface area contributed by atoms with Gasteiger partial charge in [0.2, 0.25) is 0 Å². The summed E-state index contributed by atoms with van der Waals surface area (Å²) in [5.41, 5.74) is 1.16. The van der Waals surface area contributed by atoms with Crippen LogP contribution in [0, 0.1) is 18.6 Å². The Labute approximate surface area is 172 Å². The van der Waals surface area contributed by atoms with Crippen molar-refractivity contribution in [2.45, 2.75) is 11.8 Å². The van der Waals surface area contributed by atoms with Gasteiger partial charge >= 0.3 is 0 Å². The quantitative estimate of drug-likeness (QED) is 0.589. The smallest absolute Gasteiger partial charge is 0.262 e. The first-order valence-electron chi connectivity index (χ1n) is 8.80. The Morgan fingerprint density at radius 1 is 0.900 bits per heavy atom. The molecular formula is C21H18F2N2O4S. The normalized spacial score (nSPS) is 11.0. The summed E-state index contributed by atoms with van der Waals surface area (Å²) in [5, 5.41) is 2.56. The van der Waals surface area contributed by atoms with Crippen molar-refractivity contribution in [3.63, 3.8) is 0 Å². The van der Waals surface area contributed by atoms with Crippen LogP contribution in [0.3, 0.4) is 0 Å². The zero-order valence-corrected chi connectivity index (χ0v) is 16.7. The minimum Gasteiger partial charge on any atom is -0.483 e. The molecule has 0 heterocycles. The Morgan fingerprint density at radius 3 is 2.03 bits per heavy atom. The number of halogens is 2. The van der Waals surface area contributed by atoms with Gasteiger partial charge in [-0.15, -0.1) is 0 Å². The van der Waals surface area contributed by atoms with Gasteiger partial charge in [-0.1, -0.05) is 0 Å². The fourth-order valence-corrected chi connectivity index (χ4v) is 3.70. The van der Waals surface area contributed by atoms with E-state index in [1.54, 1.807) is 6.92 Å². The summed E-state index contributed by atoms with van der Waals surface area (Å²) >= 11 is 0. The van der Waals surface area contributed by atoms with E-state index in [0.717, 1.165) is 12.1 Å². The molecule has 30 heavy (non-hydrogen) atoms. The molecule has 0 saturated carbocycles. The summed E-state index contributed by atoms with van der Waals surface area (Å²) in [6.45, 7) is 1.34. The highest BCUT2D eigenvalue weighted by atomic mass is 32.2. The zero-order valence-electron chi connectivity index (χ0n) is 15.9. The highest BCUT2D eigenvalue weighted by Gasteiger charge is 2.16. The van der Waals surface area contributed by atoms with E-state index in [-0.39, 0.29) is 17.2 Å². The number of carbonyl (C=O) groups is 1. The molecule has 0 unspecified atom stereocenters. The lowest BCUT2D eigenvalue weighted by Gasteiger charge is -2.12. The van der Waals surface area contributed by atoms with Gasteiger partial charge in [0.05, 0.1) is 4.90 Å². The highest BCUT2D eigenvalue weighted by Crippen LogP contribution is 2.24. The maximum Gasteiger partial charge on any atom is 0.262 e. The van der Waals surface area contributed by atoms with Crippen molar-refractivity contribution >= 4 is 27.3 Å². The number of hydrogen-bond acceptors (Lipinski definition) is 4. The van der Waals surface area contributed by atoms with E-state index in [9.17, 15) is 22.0 Å². The van der Waals surface area contributed by atoms with E-state index < -0.39 is 27.6 Å². The van der Waals surface area contributed by atoms with Crippen LogP contribution in [-0.4, -0.2) is 20.9 Å². The minimum absolute atomic E-state index is 0.00700. The molecule has 0 fully saturated rings. The van der Waals surface area contributed by atoms with Crippen molar-refractivity contribution in [1.29, 1.82) is 0 Å². The lowest BCUT2D eigenvalue weighted by molar-refractivity contribution is -0.118. The Hall–Kier alpha value is -3.46. The summed E-state index contributed by atoms with van der Waals surface area (Å²) in [5.74, 6) is -0.997. The molecule has 0 spiro atoms. The molecule has 2 N–H and O–H groups in total. The second-order valence-corrected chi connectivity index (χ2v) is 8.07. The van der Waals surface area contributed by atoms with Crippen molar-refractivity contribution in [2.24, 2.45) is 0 Å². The lowest BCUT2D eigenvalue weighted by Crippen LogP contribution is -2.20. The second kappa shape index (κ2) is 8.91. The highest BCUT2D eigenvalue weighted by molar-refractivity contribution is 7.92. The van der Waals surface area contributed by atoms with Gasteiger partial charge in [-0.05, 0) is 79.2 Å². The van der Waals surface area contributed by atoms with Crippen LogP contribution < -0.4 is 14.8 Å². The molecule has 3 aromatic rings. The Kier molecular flexibility index (Phi) is 6.31. The third-order valence-electron chi connectivity index (χ3n) is 4.04. The topological polar surface area (TPSA) is 84.5 Å². The monoisotopic (exact) mass is 432 g/mol. The van der Waals surface area contributed by atoms with Gasteiger partial charge in [-0.2, -0.15) is 0 Å². The van der Waals surface area contributed by atoms with E-state index in [4.69, 9.17) is 4.74 Å². The fraction of sp³-hybridized carbons (Fsp3) is 0.0952. The van der Waals surface area contributed by atoms with Crippen LogP contribution in [0.1, 0.15) is 5.56 Å². The number of sulfonamides is 1. The third kappa shape index (κ3) is 5.54. The molecule has 0 aliphatic rings.